The Balaban J connectivity index is 2.98. The number of rotatable bonds is 4. The van der Waals surface area contributed by atoms with Gasteiger partial charge in [-0.25, -0.2) is 0 Å². The molecule has 3 heteroatoms. The van der Waals surface area contributed by atoms with Gasteiger partial charge in [0.05, 0.1) is 10.7 Å². The van der Waals surface area contributed by atoms with Crippen LogP contribution in [0.25, 0.3) is 0 Å². The van der Waals surface area contributed by atoms with Crippen molar-refractivity contribution in [1.29, 1.82) is 0 Å². The van der Waals surface area contributed by atoms with Crippen LogP contribution in [0.5, 0.6) is 0 Å². The van der Waals surface area contributed by atoms with E-state index in [0.717, 1.165) is 29.1 Å². The van der Waals surface area contributed by atoms with Gasteiger partial charge in [-0.15, -0.1) is 0 Å². The van der Waals surface area contributed by atoms with Crippen molar-refractivity contribution < 1.29 is 0 Å². The van der Waals surface area contributed by atoms with Gasteiger partial charge >= 0.3 is 0 Å². The summed E-state index contributed by atoms with van der Waals surface area (Å²) in [6, 6.07) is 6.21. The Kier molecular flexibility index (Phi) is 4.76. The van der Waals surface area contributed by atoms with Crippen LogP contribution in [0.1, 0.15) is 19.4 Å². The maximum Gasteiger partial charge on any atom is 0.0642 e. The maximum absolute atomic E-state index is 6.20. The fourth-order valence-electron chi connectivity index (χ4n) is 1.45. The molecular weight excluding hydrogens is 261 g/mol. The number of hydrogen-bond donors (Lipinski definition) is 0. The zero-order valence-corrected chi connectivity index (χ0v) is 10.9. The molecule has 0 bridgehead atoms. The third-order valence-corrected chi connectivity index (χ3v) is 3.22. The second-order valence-electron chi connectivity index (χ2n) is 3.09. The van der Waals surface area contributed by atoms with Crippen LogP contribution in [0.15, 0.2) is 18.2 Å². The highest BCUT2D eigenvalue weighted by atomic mass is 79.9. The van der Waals surface area contributed by atoms with E-state index in [0.29, 0.717) is 0 Å². The zero-order chi connectivity index (χ0) is 10.6. The van der Waals surface area contributed by atoms with E-state index in [-0.39, 0.29) is 0 Å². The van der Waals surface area contributed by atoms with Gasteiger partial charge in [0.25, 0.3) is 0 Å². The van der Waals surface area contributed by atoms with Crippen LogP contribution in [0, 0.1) is 0 Å². The maximum atomic E-state index is 6.20. The van der Waals surface area contributed by atoms with Crippen molar-refractivity contribution in [2.45, 2.75) is 19.2 Å². The summed E-state index contributed by atoms with van der Waals surface area (Å²) < 4.78 is 0. The van der Waals surface area contributed by atoms with Crippen LogP contribution < -0.4 is 4.90 Å². The highest BCUT2D eigenvalue weighted by Gasteiger charge is 2.06. The highest BCUT2D eigenvalue weighted by Crippen LogP contribution is 2.27. The van der Waals surface area contributed by atoms with Gasteiger partial charge in [0.2, 0.25) is 0 Å². The molecule has 0 aliphatic heterocycles. The Labute approximate surface area is 99.2 Å². The van der Waals surface area contributed by atoms with E-state index in [1.54, 1.807) is 0 Å². The number of nitrogens with zero attached hydrogens (tertiary/aromatic N) is 1. The van der Waals surface area contributed by atoms with Crippen LogP contribution in [-0.4, -0.2) is 13.1 Å². The van der Waals surface area contributed by atoms with Gasteiger partial charge in [0, 0.05) is 18.4 Å². The summed E-state index contributed by atoms with van der Waals surface area (Å²) in [5.41, 5.74) is 2.34. The molecule has 1 nitrogen and oxygen atoms in total. The summed E-state index contributed by atoms with van der Waals surface area (Å²) in [6.45, 7) is 6.25. The first kappa shape index (κ1) is 11.9. The average molecular weight is 277 g/mol. The standard InChI is InChI=1S/C11H15BrClN/c1-3-14(4-2)11-6-5-9(8-12)7-10(11)13/h5-7H,3-4,8H2,1-2H3. The molecule has 0 fully saturated rings. The Morgan fingerprint density at radius 3 is 2.36 bits per heavy atom. The van der Waals surface area contributed by atoms with E-state index in [4.69, 9.17) is 11.6 Å². The molecule has 14 heavy (non-hydrogen) atoms. The van der Waals surface area contributed by atoms with Gasteiger partial charge in [0.1, 0.15) is 0 Å². The van der Waals surface area contributed by atoms with E-state index in [9.17, 15) is 0 Å². The van der Waals surface area contributed by atoms with Crippen molar-refractivity contribution in [3.05, 3.63) is 28.8 Å². The van der Waals surface area contributed by atoms with Gasteiger partial charge in [0.15, 0.2) is 0 Å². The van der Waals surface area contributed by atoms with Gasteiger partial charge in [-0.2, -0.15) is 0 Å². The molecule has 0 aliphatic carbocycles. The van der Waals surface area contributed by atoms with Crippen molar-refractivity contribution >= 4 is 33.2 Å². The van der Waals surface area contributed by atoms with Crippen LogP contribution in [0.2, 0.25) is 5.02 Å². The molecule has 0 aliphatic rings. The molecule has 0 radical (unpaired) electrons. The van der Waals surface area contributed by atoms with Crippen LogP contribution in [-0.2, 0) is 5.33 Å². The monoisotopic (exact) mass is 275 g/mol. The third kappa shape index (κ3) is 2.64. The Morgan fingerprint density at radius 1 is 1.29 bits per heavy atom. The summed E-state index contributed by atoms with van der Waals surface area (Å²) in [4.78, 5) is 2.25. The first-order chi connectivity index (χ1) is 6.72. The fraction of sp³-hybridized carbons (Fsp3) is 0.455. The summed E-state index contributed by atoms with van der Waals surface area (Å²) >= 11 is 9.61. The number of alkyl halides is 1. The minimum Gasteiger partial charge on any atom is -0.371 e. The quantitative estimate of drug-likeness (QED) is 0.749. The predicted octanol–water partition coefficient (Wildman–Crippen LogP) is 4.08. The molecule has 1 rings (SSSR count). The molecule has 0 aromatic heterocycles. The zero-order valence-electron chi connectivity index (χ0n) is 8.56. The Morgan fingerprint density at radius 2 is 1.93 bits per heavy atom. The minimum absolute atomic E-state index is 0.839. The molecule has 1 aromatic rings. The SMILES string of the molecule is CCN(CC)c1ccc(CBr)cc1Cl. The molecule has 78 valence electrons. The third-order valence-electron chi connectivity index (χ3n) is 2.27. The van der Waals surface area contributed by atoms with Crippen molar-refractivity contribution in [3.8, 4) is 0 Å². The molecule has 0 N–H and O–H groups in total. The molecular formula is C11H15BrClN. The summed E-state index contributed by atoms with van der Waals surface area (Å²) in [5, 5.41) is 1.69. The lowest BCUT2D eigenvalue weighted by Gasteiger charge is -2.22. The molecule has 0 saturated carbocycles. The molecule has 0 amide bonds. The van der Waals surface area contributed by atoms with Gasteiger partial charge in [-0.05, 0) is 31.5 Å². The normalized spacial score (nSPS) is 10.3. The first-order valence-electron chi connectivity index (χ1n) is 4.82. The minimum atomic E-state index is 0.839. The number of halogens is 2. The Hall–Kier alpha value is -0.210. The van der Waals surface area contributed by atoms with Gasteiger partial charge in [-0.3, -0.25) is 0 Å². The average Bonchev–Trinajstić information content (AvgIpc) is 2.22. The highest BCUT2D eigenvalue weighted by molar-refractivity contribution is 9.08. The summed E-state index contributed by atoms with van der Waals surface area (Å²) in [5.74, 6) is 0. The molecule has 0 atom stereocenters. The van der Waals surface area contributed by atoms with Crippen LogP contribution in [0.3, 0.4) is 0 Å². The number of hydrogen-bond acceptors (Lipinski definition) is 1. The van der Waals surface area contributed by atoms with Crippen LogP contribution in [0.4, 0.5) is 5.69 Å². The van der Waals surface area contributed by atoms with Crippen molar-refractivity contribution in [2.24, 2.45) is 0 Å². The van der Waals surface area contributed by atoms with Gasteiger partial charge < -0.3 is 4.90 Å². The summed E-state index contributed by atoms with van der Waals surface area (Å²) in [7, 11) is 0. The van der Waals surface area contributed by atoms with Gasteiger partial charge in [-0.1, -0.05) is 33.6 Å². The van der Waals surface area contributed by atoms with E-state index < -0.39 is 0 Å². The van der Waals surface area contributed by atoms with Crippen LogP contribution >= 0.6 is 27.5 Å². The lowest BCUT2D eigenvalue weighted by Crippen LogP contribution is -2.22. The van der Waals surface area contributed by atoms with Crippen molar-refractivity contribution in [3.63, 3.8) is 0 Å². The fourth-order valence-corrected chi connectivity index (χ4v) is 2.13. The van der Waals surface area contributed by atoms with Crippen molar-refractivity contribution in [1.82, 2.24) is 0 Å². The molecule has 1 aromatic carbocycles. The second-order valence-corrected chi connectivity index (χ2v) is 4.06. The van der Waals surface area contributed by atoms with Crippen molar-refractivity contribution in [2.75, 3.05) is 18.0 Å². The van der Waals surface area contributed by atoms with E-state index in [1.807, 2.05) is 6.07 Å². The molecule has 0 unspecified atom stereocenters. The molecule has 0 spiro atoms. The second kappa shape index (κ2) is 5.62. The molecule has 0 heterocycles. The summed E-state index contributed by atoms with van der Waals surface area (Å²) in [6.07, 6.45) is 0. The number of anilines is 1. The lowest BCUT2D eigenvalue weighted by molar-refractivity contribution is 0.866. The molecule has 0 saturated heterocycles. The topological polar surface area (TPSA) is 3.24 Å². The largest absolute Gasteiger partial charge is 0.371 e. The van der Waals surface area contributed by atoms with E-state index in [2.05, 4.69) is 46.8 Å². The predicted molar refractivity (Wildman–Crippen MR) is 67.6 cm³/mol. The number of benzene rings is 1. The lowest BCUT2D eigenvalue weighted by atomic mass is 10.2. The Bertz CT molecular complexity index is 297. The van der Waals surface area contributed by atoms with E-state index >= 15 is 0 Å². The van der Waals surface area contributed by atoms with E-state index in [1.165, 1.54) is 5.56 Å². The smallest absolute Gasteiger partial charge is 0.0642 e. The first-order valence-corrected chi connectivity index (χ1v) is 6.32.